The van der Waals surface area contributed by atoms with Crippen LogP contribution in [0.25, 0.3) is 10.9 Å². The summed E-state index contributed by atoms with van der Waals surface area (Å²) in [6, 6.07) is 15.8. The van der Waals surface area contributed by atoms with Crippen LogP contribution in [0, 0.1) is 0 Å². The van der Waals surface area contributed by atoms with Gasteiger partial charge in [0.25, 0.3) is 0 Å². The minimum Gasteiger partial charge on any atom is -0.497 e. The van der Waals surface area contributed by atoms with E-state index in [9.17, 15) is 14.4 Å². The van der Waals surface area contributed by atoms with E-state index in [4.69, 9.17) is 9.47 Å². The highest BCUT2D eigenvalue weighted by molar-refractivity contribution is 5.87. The minimum atomic E-state index is -0.400. The number of nitrogens with zero attached hydrogens (tertiary/aromatic N) is 2. The molecule has 1 N–H and O–H groups in total. The van der Waals surface area contributed by atoms with Gasteiger partial charge < -0.3 is 24.3 Å². The van der Waals surface area contributed by atoms with E-state index in [0.29, 0.717) is 26.1 Å². The van der Waals surface area contributed by atoms with Crippen molar-refractivity contribution in [1.29, 1.82) is 0 Å². The third-order valence-electron chi connectivity index (χ3n) is 6.52. The lowest BCUT2D eigenvalue weighted by Crippen LogP contribution is -2.43. The third-order valence-corrected chi connectivity index (χ3v) is 6.52. The number of para-hydroxylation sites is 1. The molecule has 0 unspecified atom stereocenters. The van der Waals surface area contributed by atoms with Gasteiger partial charge in [0.2, 0.25) is 11.8 Å². The average molecular weight is 522 g/mol. The quantitative estimate of drug-likeness (QED) is 0.292. The second-order valence-electron chi connectivity index (χ2n) is 9.25. The average Bonchev–Trinajstić information content (AvgIpc) is 3.35. The summed E-state index contributed by atoms with van der Waals surface area (Å²) in [5.41, 5.74) is 3.18. The number of hydrogen-bond donors (Lipinski definition) is 1. The molecule has 0 bridgehead atoms. The molecule has 0 radical (unpaired) electrons. The number of methoxy groups -OCH3 is 1. The van der Waals surface area contributed by atoms with Crippen LogP contribution in [0.5, 0.6) is 5.75 Å². The van der Waals surface area contributed by atoms with Gasteiger partial charge in [0, 0.05) is 43.2 Å². The number of carbonyl (C=O) groups is 3. The van der Waals surface area contributed by atoms with Gasteiger partial charge in [-0.25, -0.2) is 0 Å². The summed E-state index contributed by atoms with van der Waals surface area (Å²) in [5, 5.41) is 1.14. The SMILES string of the molecule is CCCCN(CC(=O)N(CCc1c[nH]c2ccccc12)Cc1ccc(OC)cc1)C(=O)CCC(=O)OCC. The van der Waals surface area contributed by atoms with Crippen molar-refractivity contribution >= 4 is 28.7 Å². The number of benzene rings is 2. The Morgan fingerprint density at radius 2 is 1.66 bits per heavy atom. The van der Waals surface area contributed by atoms with Gasteiger partial charge >= 0.3 is 5.97 Å². The second-order valence-corrected chi connectivity index (χ2v) is 9.25. The Hall–Kier alpha value is -3.81. The van der Waals surface area contributed by atoms with E-state index in [-0.39, 0.29) is 37.8 Å². The van der Waals surface area contributed by atoms with Crippen LogP contribution in [0.1, 0.15) is 50.7 Å². The minimum absolute atomic E-state index is 0.0135. The lowest BCUT2D eigenvalue weighted by Gasteiger charge is -2.28. The Morgan fingerprint density at radius 1 is 0.895 bits per heavy atom. The molecule has 3 aromatic rings. The summed E-state index contributed by atoms with van der Waals surface area (Å²) in [6.45, 7) is 5.44. The first-order valence-electron chi connectivity index (χ1n) is 13.3. The number of aromatic nitrogens is 1. The summed E-state index contributed by atoms with van der Waals surface area (Å²) in [4.78, 5) is 45.0. The predicted molar refractivity (Wildman–Crippen MR) is 148 cm³/mol. The van der Waals surface area contributed by atoms with Gasteiger partial charge in [-0.2, -0.15) is 0 Å². The van der Waals surface area contributed by atoms with Crippen molar-refractivity contribution < 1.29 is 23.9 Å². The standard InChI is InChI=1S/C30H39N3O5/c1-4-6-18-32(28(34)15-16-30(36)38-5-2)22-29(35)33(21-23-11-13-25(37-3)14-12-23)19-17-24-20-31-27-10-8-7-9-26(24)27/h7-14,20,31H,4-6,15-19,21-22H2,1-3H3. The predicted octanol–water partition coefficient (Wildman–Crippen LogP) is 4.72. The van der Waals surface area contributed by atoms with Crippen molar-refractivity contribution in [1.82, 2.24) is 14.8 Å². The summed E-state index contributed by atoms with van der Waals surface area (Å²) in [7, 11) is 1.62. The van der Waals surface area contributed by atoms with Gasteiger partial charge in [-0.1, -0.05) is 43.7 Å². The summed E-state index contributed by atoms with van der Waals surface area (Å²) in [6.07, 6.45) is 4.40. The van der Waals surface area contributed by atoms with Gasteiger partial charge in [-0.3, -0.25) is 14.4 Å². The third kappa shape index (κ3) is 8.36. The van der Waals surface area contributed by atoms with E-state index >= 15 is 0 Å². The highest BCUT2D eigenvalue weighted by Crippen LogP contribution is 2.19. The molecule has 0 spiro atoms. The number of unbranched alkanes of at least 4 members (excludes halogenated alkanes) is 1. The molecule has 2 aromatic carbocycles. The maximum atomic E-state index is 13.6. The Balaban J connectivity index is 1.74. The fraction of sp³-hybridized carbons (Fsp3) is 0.433. The lowest BCUT2D eigenvalue weighted by atomic mass is 10.1. The number of H-pyrrole nitrogens is 1. The number of fused-ring (bicyclic) bond motifs is 1. The van der Waals surface area contributed by atoms with E-state index < -0.39 is 5.97 Å². The van der Waals surface area contributed by atoms with Crippen molar-refractivity contribution in [3.8, 4) is 5.75 Å². The summed E-state index contributed by atoms with van der Waals surface area (Å²) < 4.78 is 10.2. The van der Waals surface area contributed by atoms with Gasteiger partial charge in [0.05, 0.1) is 26.7 Å². The molecule has 0 atom stereocenters. The van der Waals surface area contributed by atoms with Crippen LogP contribution in [0.15, 0.2) is 54.7 Å². The van der Waals surface area contributed by atoms with Gasteiger partial charge in [0.1, 0.15) is 5.75 Å². The number of carbonyl (C=O) groups excluding carboxylic acids is 3. The van der Waals surface area contributed by atoms with Crippen molar-refractivity contribution in [2.75, 3.05) is 33.4 Å². The molecule has 0 saturated heterocycles. The van der Waals surface area contributed by atoms with Crippen LogP contribution in [-0.4, -0.2) is 65.9 Å². The maximum Gasteiger partial charge on any atom is 0.306 e. The smallest absolute Gasteiger partial charge is 0.306 e. The first-order chi connectivity index (χ1) is 18.4. The Bertz CT molecular complexity index is 1190. The second kappa shape index (κ2) is 14.8. The monoisotopic (exact) mass is 521 g/mol. The molecule has 0 aliphatic rings. The van der Waals surface area contributed by atoms with Crippen LogP contribution in [0.4, 0.5) is 0 Å². The van der Waals surface area contributed by atoms with Crippen LogP contribution in [0.2, 0.25) is 0 Å². The molecule has 8 heteroatoms. The van der Waals surface area contributed by atoms with E-state index in [1.165, 1.54) is 0 Å². The van der Waals surface area contributed by atoms with E-state index in [1.807, 2.05) is 55.6 Å². The maximum absolute atomic E-state index is 13.6. The Labute approximate surface area is 224 Å². The highest BCUT2D eigenvalue weighted by atomic mass is 16.5. The fourth-order valence-corrected chi connectivity index (χ4v) is 4.34. The lowest BCUT2D eigenvalue weighted by molar-refractivity contribution is -0.146. The molecule has 204 valence electrons. The zero-order chi connectivity index (χ0) is 27.3. The molecule has 1 heterocycles. The molecule has 0 fully saturated rings. The van der Waals surface area contributed by atoms with Crippen molar-refractivity contribution in [3.05, 3.63) is 65.9 Å². The normalized spacial score (nSPS) is 10.8. The van der Waals surface area contributed by atoms with Gasteiger partial charge in [0.15, 0.2) is 0 Å². The molecule has 3 rings (SSSR count). The molecule has 1 aromatic heterocycles. The number of amides is 2. The van der Waals surface area contributed by atoms with E-state index in [1.54, 1.807) is 23.8 Å². The van der Waals surface area contributed by atoms with E-state index in [0.717, 1.165) is 40.6 Å². The Morgan fingerprint density at radius 3 is 2.37 bits per heavy atom. The zero-order valence-electron chi connectivity index (χ0n) is 22.7. The van der Waals surface area contributed by atoms with Crippen LogP contribution >= 0.6 is 0 Å². The van der Waals surface area contributed by atoms with Gasteiger partial charge in [-0.15, -0.1) is 0 Å². The van der Waals surface area contributed by atoms with E-state index in [2.05, 4.69) is 11.1 Å². The molecule has 38 heavy (non-hydrogen) atoms. The first-order valence-corrected chi connectivity index (χ1v) is 13.3. The first kappa shape index (κ1) is 28.8. The van der Waals surface area contributed by atoms with Gasteiger partial charge in [-0.05, 0) is 49.1 Å². The molecular weight excluding hydrogens is 482 g/mol. The molecular formula is C30H39N3O5. The van der Waals surface area contributed by atoms with Crippen LogP contribution < -0.4 is 4.74 Å². The van der Waals surface area contributed by atoms with Crippen molar-refractivity contribution in [2.45, 2.75) is 52.5 Å². The van der Waals surface area contributed by atoms with Crippen molar-refractivity contribution in [2.24, 2.45) is 0 Å². The summed E-state index contributed by atoms with van der Waals surface area (Å²) >= 11 is 0. The molecule has 0 aliphatic carbocycles. The number of nitrogens with one attached hydrogen (secondary N) is 1. The topological polar surface area (TPSA) is 91.9 Å². The molecule has 0 aliphatic heterocycles. The molecule has 8 nitrogen and oxygen atoms in total. The fourth-order valence-electron chi connectivity index (χ4n) is 4.34. The summed E-state index contributed by atoms with van der Waals surface area (Å²) in [5.74, 6) is 0.0213. The number of aromatic amines is 1. The molecule has 2 amide bonds. The van der Waals surface area contributed by atoms with Crippen LogP contribution in [-0.2, 0) is 32.1 Å². The van der Waals surface area contributed by atoms with Crippen LogP contribution in [0.3, 0.4) is 0 Å². The highest BCUT2D eigenvalue weighted by Gasteiger charge is 2.22. The Kier molecular flexibility index (Phi) is 11.2. The van der Waals surface area contributed by atoms with Crippen molar-refractivity contribution in [3.63, 3.8) is 0 Å². The number of ether oxygens (including phenoxy) is 2. The number of esters is 1. The number of rotatable bonds is 15. The zero-order valence-corrected chi connectivity index (χ0v) is 22.7. The molecule has 0 saturated carbocycles. The number of hydrogen-bond acceptors (Lipinski definition) is 5. The largest absolute Gasteiger partial charge is 0.497 e.